The van der Waals surface area contributed by atoms with Gasteiger partial charge < -0.3 is 10.5 Å². The minimum atomic E-state index is -0.698. The molecule has 0 aliphatic heterocycles. The van der Waals surface area contributed by atoms with Gasteiger partial charge in [0.05, 0.1) is 0 Å². The molecule has 2 aromatic rings. The van der Waals surface area contributed by atoms with Crippen LogP contribution < -0.4 is 10.5 Å². The highest BCUT2D eigenvalue weighted by Crippen LogP contribution is 2.25. The van der Waals surface area contributed by atoms with Crippen LogP contribution in [0, 0.1) is 15.2 Å². The Balaban J connectivity index is 2.11. The van der Waals surface area contributed by atoms with Crippen LogP contribution in [0.3, 0.4) is 0 Å². The Morgan fingerprint density at radius 2 is 1.67 bits per heavy atom. The molecule has 5 heteroatoms. The van der Waals surface area contributed by atoms with Crippen molar-refractivity contribution in [1.82, 2.24) is 0 Å². The Morgan fingerprint density at radius 1 is 1.10 bits per heavy atom. The molecule has 0 aliphatic rings. The lowest BCUT2D eigenvalue weighted by Gasteiger charge is -2.11. The Kier molecular flexibility index (Phi) is 5.52. The number of hydrogen-bond acceptors (Lipinski definition) is 2. The van der Waals surface area contributed by atoms with E-state index in [-0.39, 0.29) is 18.4 Å². The van der Waals surface area contributed by atoms with Gasteiger partial charge in [0.1, 0.15) is 6.61 Å². The highest BCUT2D eigenvalue weighted by Gasteiger charge is 2.13. The van der Waals surface area contributed by atoms with E-state index in [1.54, 1.807) is 6.92 Å². The lowest BCUT2D eigenvalue weighted by Crippen LogP contribution is -2.18. The first-order valence-corrected chi connectivity index (χ1v) is 7.64. The molecule has 0 aromatic heterocycles. The van der Waals surface area contributed by atoms with Crippen LogP contribution in [0.4, 0.5) is 8.78 Å². The molecule has 0 radical (unpaired) electrons. The molecule has 0 saturated heterocycles. The minimum absolute atomic E-state index is 0.122. The van der Waals surface area contributed by atoms with Crippen LogP contribution in [0.5, 0.6) is 5.75 Å². The maximum absolute atomic E-state index is 13.9. The van der Waals surface area contributed by atoms with E-state index < -0.39 is 11.6 Å². The normalized spacial score (nSPS) is 12.2. The third-order valence-electron chi connectivity index (χ3n) is 2.91. The highest BCUT2D eigenvalue weighted by molar-refractivity contribution is 14.1. The van der Waals surface area contributed by atoms with E-state index in [1.165, 1.54) is 12.1 Å². The lowest BCUT2D eigenvalue weighted by atomic mass is 10.1. The van der Waals surface area contributed by atoms with Crippen LogP contribution in [-0.4, -0.2) is 6.04 Å². The Bertz CT molecular complexity index is 591. The van der Waals surface area contributed by atoms with Gasteiger partial charge >= 0.3 is 0 Å². The van der Waals surface area contributed by atoms with Crippen LogP contribution in [-0.2, 0) is 13.0 Å². The number of benzene rings is 2. The molecular weight excluding hydrogens is 387 g/mol. The average Bonchev–Trinajstić information content (AvgIpc) is 2.39. The fourth-order valence-corrected chi connectivity index (χ4v) is 2.34. The summed E-state index contributed by atoms with van der Waals surface area (Å²) in [5.41, 5.74) is 7.02. The maximum Gasteiger partial charge on any atom is 0.191 e. The van der Waals surface area contributed by atoms with E-state index in [9.17, 15) is 8.78 Å². The third-order valence-corrected chi connectivity index (χ3v) is 3.63. The van der Waals surface area contributed by atoms with Crippen molar-refractivity contribution in [3.05, 3.63) is 62.7 Å². The van der Waals surface area contributed by atoms with Crippen molar-refractivity contribution in [2.75, 3.05) is 0 Å². The average molecular weight is 403 g/mol. The fourth-order valence-electron chi connectivity index (χ4n) is 1.98. The van der Waals surface area contributed by atoms with E-state index in [0.717, 1.165) is 9.13 Å². The fraction of sp³-hybridized carbons (Fsp3) is 0.250. The lowest BCUT2D eigenvalue weighted by molar-refractivity contribution is 0.273. The van der Waals surface area contributed by atoms with Crippen LogP contribution >= 0.6 is 22.6 Å². The zero-order chi connectivity index (χ0) is 15.4. The van der Waals surface area contributed by atoms with Crippen LogP contribution in [0.1, 0.15) is 18.1 Å². The first kappa shape index (κ1) is 16.2. The monoisotopic (exact) mass is 403 g/mol. The van der Waals surface area contributed by atoms with Gasteiger partial charge in [0.15, 0.2) is 17.4 Å². The summed E-state index contributed by atoms with van der Waals surface area (Å²) in [6.45, 7) is 1.91. The summed E-state index contributed by atoms with van der Waals surface area (Å²) in [6.07, 6.45) is 0.422. The van der Waals surface area contributed by atoms with Gasteiger partial charge in [-0.1, -0.05) is 12.1 Å². The minimum Gasteiger partial charge on any atom is -0.483 e. The van der Waals surface area contributed by atoms with E-state index in [1.807, 2.05) is 24.3 Å². The smallest absolute Gasteiger partial charge is 0.191 e. The second-order valence-electron chi connectivity index (χ2n) is 4.99. The summed E-state index contributed by atoms with van der Waals surface area (Å²) >= 11 is 2.19. The standard InChI is InChI=1S/C16H16F2INO/c1-10(20)6-12-7-14(17)16(15(18)8-12)21-9-11-2-4-13(19)5-3-11/h2-5,7-8,10H,6,9,20H2,1H3. The second-order valence-corrected chi connectivity index (χ2v) is 6.23. The molecule has 0 fully saturated rings. The van der Waals surface area contributed by atoms with E-state index >= 15 is 0 Å². The van der Waals surface area contributed by atoms with Gasteiger partial charge in [0, 0.05) is 9.61 Å². The summed E-state index contributed by atoms with van der Waals surface area (Å²) in [4.78, 5) is 0. The van der Waals surface area contributed by atoms with Crippen molar-refractivity contribution in [2.24, 2.45) is 5.73 Å². The summed E-state index contributed by atoms with van der Waals surface area (Å²) in [7, 11) is 0. The van der Waals surface area contributed by atoms with Gasteiger partial charge in [-0.3, -0.25) is 0 Å². The van der Waals surface area contributed by atoms with Crippen molar-refractivity contribution < 1.29 is 13.5 Å². The van der Waals surface area contributed by atoms with Crippen molar-refractivity contribution in [1.29, 1.82) is 0 Å². The van der Waals surface area contributed by atoms with Crippen molar-refractivity contribution in [3.63, 3.8) is 0 Å². The molecule has 0 saturated carbocycles. The Hall–Kier alpha value is -1.21. The number of ether oxygens (including phenoxy) is 1. The second kappa shape index (κ2) is 7.17. The molecule has 1 atom stereocenters. The predicted octanol–water partition coefficient (Wildman–Crippen LogP) is 4.04. The van der Waals surface area contributed by atoms with Gasteiger partial charge in [0.25, 0.3) is 0 Å². The first-order valence-electron chi connectivity index (χ1n) is 6.56. The van der Waals surface area contributed by atoms with Crippen LogP contribution in [0.15, 0.2) is 36.4 Å². The molecule has 0 heterocycles. The van der Waals surface area contributed by atoms with Crippen molar-refractivity contribution in [2.45, 2.75) is 26.0 Å². The molecule has 1 unspecified atom stereocenters. The predicted molar refractivity (Wildman–Crippen MR) is 87.2 cm³/mol. The Labute approximate surface area is 136 Å². The van der Waals surface area contributed by atoms with Gasteiger partial charge in [-0.2, -0.15) is 0 Å². The van der Waals surface area contributed by atoms with Crippen LogP contribution in [0.25, 0.3) is 0 Å². The quantitative estimate of drug-likeness (QED) is 0.766. The molecule has 0 spiro atoms. The molecule has 2 aromatic carbocycles. The topological polar surface area (TPSA) is 35.2 Å². The third kappa shape index (κ3) is 4.64. The molecule has 2 rings (SSSR count). The van der Waals surface area contributed by atoms with Crippen molar-refractivity contribution >= 4 is 22.6 Å². The molecular formula is C16H16F2INO. The van der Waals surface area contributed by atoms with Gasteiger partial charge in [-0.25, -0.2) is 8.78 Å². The zero-order valence-electron chi connectivity index (χ0n) is 11.6. The van der Waals surface area contributed by atoms with Crippen molar-refractivity contribution in [3.8, 4) is 5.75 Å². The zero-order valence-corrected chi connectivity index (χ0v) is 13.7. The largest absolute Gasteiger partial charge is 0.483 e. The number of hydrogen-bond donors (Lipinski definition) is 1. The molecule has 112 valence electrons. The molecule has 2 N–H and O–H groups in total. The SMILES string of the molecule is CC(N)Cc1cc(F)c(OCc2ccc(I)cc2)c(F)c1. The summed E-state index contributed by atoms with van der Waals surface area (Å²) in [5.74, 6) is -1.74. The van der Waals surface area contributed by atoms with E-state index in [0.29, 0.717) is 12.0 Å². The summed E-state index contributed by atoms with van der Waals surface area (Å²) in [6, 6.07) is 9.95. The maximum atomic E-state index is 13.9. The Morgan fingerprint density at radius 3 is 2.19 bits per heavy atom. The summed E-state index contributed by atoms with van der Waals surface area (Å²) < 4.78 is 34.2. The molecule has 21 heavy (non-hydrogen) atoms. The molecule has 0 bridgehead atoms. The molecule has 2 nitrogen and oxygen atoms in total. The number of nitrogens with two attached hydrogens (primary N) is 1. The van der Waals surface area contributed by atoms with Gasteiger partial charge in [-0.05, 0) is 71.3 Å². The van der Waals surface area contributed by atoms with Gasteiger partial charge in [-0.15, -0.1) is 0 Å². The number of rotatable bonds is 5. The van der Waals surface area contributed by atoms with Crippen LogP contribution in [0.2, 0.25) is 0 Å². The molecule has 0 amide bonds. The van der Waals surface area contributed by atoms with E-state index in [4.69, 9.17) is 10.5 Å². The first-order chi connectivity index (χ1) is 9.95. The van der Waals surface area contributed by atoms with Gasteiger partial charge in [0.2, 0.25) is 0 Å². The number of halogens is 3. The van der Waals surface area contributed by atoms with E-state index in [2.05, 4.69) is 22.6 Å². The highest BCUT2D eigenvalue weighted by atomic mass is 127. The summed E-state index contributed by atoms with van der Waals surface area (Å²) in [5, 5.41) is 0. The molecule has 0 aliphatic carbocycles.